The molecule has 0 radical (unpaired) electrons. The summed E-state index contributed by atoms with van der Waals surface area (Å²) in [5, 5.41) is 22.6. The van der Waals surface area contributed by atoms with Crippen molar-refractivity contribution in [3.63, 3.8) is 0 Å². The maximum absolute atomic E-state index is 14.6. The predicted molar refractivity (Wildman–Crippen MR) is 184 cm³/mol. The number of rotatable bonds is 7. The van der Waals surface area contributed by atoms with Crippen LogP contribution in [0.25, 0.3) is 32.1 Å². The van der Waals surface area contributed by atoms with Crippen LogP contribution in [0.3, 0.4) is 0 Å². The first-order chi connectivity index (χ1) is 23.3. The van der Waals surface area contributed by atoms with Gasteiger partial charge in [-0.25, -0.2) is 4.39 Å². The molecule has 3 N–H and O–H groups in total. The molecule has 250 valence electrons. The Hall–Kier alpha value is -3.60. The topological polar surface area (TPSA) is 124 Å². The molecule has 5 aliphatic rings. The summed E-state index contributed by atoms with van der Waals surface area (Å²) in [6.07, 6.45) is 3.31. The van der Waals surface area contributed by atoms with Crippen molar-refractivity contribution in [2.75, 3.05) is 50.0 Å². The van der Waals surface area contributed by atoms with E-state index in [1.807, 2.05) is 19.1 Å². The number of piperazine rings is 1. The fourth-order valence-electron chi connectivity index (χ4n) is 9.46. The molecule has 2 aromatic heterocycles. The first-order valence-corrected chi connectivity index (χ1v) is 18.0. The van der Waals surface area contributed by atoms with Crippen LogP contribution in [0.4, 0.5) is 15.2 Å². The van der Waals surface area contributed by atoms with Crippen LogP contribution < -0.4 is 15.4 Å². The lowest BCUT2D eigenvalue weighted by Crippen LogP contribution is -2.55. The average Bonchev–Trinajstić information content (AvgIpc) is 3.86. The van der Waals surface area contributed by atoms with Gasteiger partial charge < -0.3 is 25.2 Å². The number of nitrogens with zero attached hydrogens (tertiary/aromatic N) is 6. The summed E-state index contributed by atoms with van der Waals surface area (Å²) in [6, 6.07) is 11.3. The third-order valence-corrected chi connectivity index (χ3v) is 12.3. The molecule has 12 heteroatoms. The molecule has 0 amide bonds. The molecule has 4 aromatic rings. The van der Waals surface area contributed by atoms with Gasteiger partial charge in [0.15, 0.2) is 0 Å². The molecule has 0 spiro atoms. The van der Waals surface area contributed by atoms with E-state index in [9.17, 15) is 14.8 Å². The van der Waals surface area contributed by atoms with E-state index in [0.717, 1.165) is 94.4 Å². The zero-order valence-electron chi connectivity index (χ0n) is 27.1. The molecular weight excluding hydrogens is 630 g/mol. The lowest BCUT2D eigenvalue weighted by molar-refractivity contribution is 0.107. The number of β-amino-alcohol motifs (C(OH)–C–C–N with tert-alkyl or cyclic N) is 1. The van der Waals surface area contributed by atoms with E-state index < -0.39 is 6.17 Å². The molecule has 4 saturated heterocycles. The van der Waals surface area contributed by atoms with Crippen LogP contribution in [0, 0.1) is 11.3 Å². The van der Waals surface area contributed by atoms with Crippen molar-refractivity contribution in [1.82, 2.24) is 19.8 Å². The SMILES string of the molecule is C[C@@H](O)CN1CC2CCC(C1)N2c1nc(OC[C@@]23CCCN2C[C@H](F)C3)nc2cc(-c3cccc4sc(N)c(C#N)c34)c3c(c12)COC3. The molecule has 5 aliphatic heterocycles. The van der Waals surface area contributed by atoms with Gasteiger partial charge in [0, 0.05) is 60.2 Å². The van der Waals surface area contributed by atoms with Crippen molar-refractivity contribution in [1.29, 1.82) is 5.26 Å². The summed E-state index contributed by atoms with van der Waals surface area (Å²) in [5.41, 5.74) is 11.4. The highest BCUT2D eigenvalue weighted by Crippen LogP contribution is 2.47. The minimum atomic E-state index is -0.840. The molecule has 2 bridgehead atoms. The standard InChI is InChI=1S/C36H40FN7O3S/c1-20(45)13-42-15-22-6-7-23(16-42)44(22)34-32-28-18-46-17-27(28)25(24-4-2-5-30-31(24)26(12-38)33(39)48-30)10-29(32)40-35(41-34)47-19-36-8-3-9-43(36)14-21(37)11-36/h2,4-5,10,20-23,45H,3,6-9,11,13-19,39H2,1H3/t20-,21-,22?,23?,36+/m1/s1. The monoisotopic (exact) mass is 669 g/mol. The van der Waals surface area contributed by atoms with Crippen molar-refractivity contribution in [2.24, 2.45) is 0 Å². The van der Waals surface area contributed by atoms with Crippen molar-refractivity contribution >= 4 is 43.1 Å². The lowest BCUT2D eigenvalue weighted by Gasteiger charge is -2.42. The number of nitrogen functional groups attached to an aromatic ring is 1. The Morgan fingerprint density at radius 2 is 1.98 bits per heavy atom. The second kappa shape index (κ2) is 11.5. The molecule has 7 heterocycles. The number of nitriles is 1. The van der Waals surface area contributed by atoms with E-state index in [2.05, 4.69) is 32.9 Å². The first-order valence-electron chi connectivity index (χ1n) is 17.2. The molecule has 2 aromatic carbocycles. The third kappa shape index (κ3) is 4.77. The van der Waals surface area contributed by atoms with Crippen LogP contribution >= 0.6 is 11.3 Å². The van der Waals surface area contributed by atoms with Gasteiger partial charge >= 0.3 is 6.01 Å². The van der Waals surface area contributed by atoms with Crippen LogP contribution in [-0.4, -0.2) is 94.1 Å². The Kier molecular flexibility index (Phi) is 7.29. The van der Waals surface area contributed by atoms with Crippen LogP contribution in [0.5, 0.6) is 6.01 Å². The van der Waals surface area contributed by atoms with E-state index in [1.54, 1.807) is 0 Å². The van der Waals surface area contributed by atoms with E-state index >= 15 is 0 Å². The van der Waals surface area contributed by atoms with Crippen molar-refractivity contribution in [3.8, 4) is 23.2 Å². The van der Waals surface area contributed by atoms with Gasteiger partial charge in [0.05, 0.1) is 35.9 Å². The summed E-state index contributed by atoms with van der Waals surface area (Å²) < 4.78 is 28.3. The molecule has 5 atom stereocenters. The highest BCUT2D eigenvalue weighted by Gasteiger charge is 2.49. The normalized spacial score (nSPS) is 27.5. The van der Waals surface area contributed by atoms with E-state index in [-0.39, 0.29) is 23.7 Å². The molecule has 2 unspecified atom stereocenters. The second-order valence-corrected chi connectivity index (χ2v) is 15.5. The number of likely N-dealkylation sites (tertiary alicyclic amines) is 1. The number of fused-ring (bicyclic) bond motifs is 7. The van der Waals surface area contributed by atoms with Gasteiger partial charge in [0.2, 0.25) is 0 Å². The van der Waals surface area contributed by atoms with Gasteiger partial charge in [-0.2, -0.15) is 15.2 Å². The molecule has 10 nitrogen and oxygen atoms in total. The highest BCUT2D eigenvalue weighted by atomic mass is 32.1. The quantitative estimate of drug-likeness (QED) is 0.278. The zero-order valence-corrected chi connectivity index (χ0v) is 27.9. The van der Waals surface area contributed by atoms with Crippen LogP contribution in [0.15, 0.2) is 24.3 Å². The van der Waals surface area contributed by atoms with Crippen molar-refractivity contribution in [2.45, 2.75) is 82.1 Å². The summed E-state index contributed by atoms with van der Waals surface area (Å²) >= 11 is 1.43. The minimum Gasteiger partial charge on any atom is -0.461 e. The number of ether oxygens (including phenoxy) is 2. The van der Waals surface area contributed by atoms with Gasteiger partial charge in [0.25, 0.3) is 0 Å². The molecule has 4 fully saturated rings. The van der Waals surface area contributed by atoms with E-state index in [4.69, 9.17) is 25.2 Å². The van der Waals surface area contributed by atoms with Crippen LogP contribution in [0.2, 0.25) is 0 Å². The number of aromatic nitrogens is 2. The number of aliphatic hydroxyl groups is 1. The Balaban J connectivity index is 1.20. The Bertz CT molecular complexity index is 1960. The van der Waals surface area contributed by atoms with E-state index in [0.29, 0.717) is 55.9 Å². The lowest BCUT2D eigenvalue weighted by atomic mass is 9.91. The van der Waals surface area contributed by atoms with Crippen molar-refractivity contribution < 1.29 is 19.0 Å². The Labute approximate surface area is 282 Å². The molecule has 0 saturated carbocycles. The number of aliphatic hydroxyl groups excluding tert-OH is 1. The van der Waals surface area contributed by atoms with Crippen LogP contribution in [-0.2, 0) is 18.0 Å². The fraction of sp³-hybridized carbons (Fsp3) is 0.528. The number of halogens is 1. The van der Waals surface area contributed by atoms with Gasteiger partial charge in [-0.1, -0.05) is 12.1 Å². The summed E-state index contributed by atoms with van der Waals surface area (Å²) in [6.45, 7) is 6.82. The summed E-state index contributed by atoms with van der Waals surface area (Å²) in [4.78, 5) is 17.4. The average molecular weight is 670 g/mol. The number of benzene rings is 2. The maximum atomic E-state index is 14.6. The Morgan fingerprint density at radius 3 is 2.77 bits per heavy atom. The van der Waals surface area contributed by atoms with Crippen LogP contribution in [0.1, 0.15) is 55.7 Å². The number of hydrogen-bond acceptors (Lipinski definition) is 11. The Morgan fingerprint density at radius 1 is 1.17 bits per heavy atom. The zero-order chi connectivity index (χ0) is 32.7. The number of hydrogen-bond donors (Lipinski definition) is 2. The summed E-state index contributed by atoms with van der Waals surface area (Å²) in [7, 11) is 0. The van der Waals surface area contributed by atoms with E-state index in [1.165, 1.54) is 11.3 Å². The van der Waals surface area contributed by atoms with Crippen molar-refractivity contribution in [3.05, 3.63) is 41.0 Å². The number of anilines is 2. The molecule has 48 heavy (non-hydrogen) atoms. The van der Waals surface area contributed by atoms with Gasteiger partial charge in [-0.05, 0) is 73.5 Å². The fourth-order valence-corrected chi connectivity index (χ4v) is 10.4. The number of nitrogens with two attached hydrogens (primary N) is 1. The summed E-state index contributed by atoms with van der Waals surface area (Å²) in [5.74, 6) is 0.874. The van der Waals surface area contributed by atoms with Gasteiger partial charge in [0.1, 0.15) is 29.7 Å². The minimum absolute atomic E-state index is 0.248. The maximum Gasteiger partial charge on any atom is 0.319 e. The first kappa shape index (κ1) is 30.5. The highest BCUT2D eigenvalue weighted by molar-refractivity contribution is 7.23. The smallest absolute Gasteiger partial charge is 0.319 e. The predicted octanol–water partition coefficient (Wildman–Crippen LogP) is 4.98. The molecular formula is C36H40FN7O3S. The molecule has 0 aliphatic carbocycles. The second-order valence-electron chi connectivity index (χ2n) is 14.5. The largest absolute Gasteiger partial charge is 0.461 e. The third-order valence-electron chi connectivity index (χ3n) is 11.4. The van der Waals surface area contributed by atoms with Gasteiger partial charge in [-0.3, -0.25) is 9.80 Å². The van der Waals surface area contributed by atoms with Gasteiger partial charge in [-0.15, -0.1) is 11.3 Å². The molecule has 9 rings (SSSR count). The number of thiophene rings is 1. The number of alkyl halides is 1.